The Labute approximate surface area is 117 Å². The van der Waals surface area contributed by atoms with Crippen molar-refractivity contribution in [1.82, 2.24) is 15.3 Å². The lowest BCUT2D eigenvalue weighted by atomic mass is 10.0. The summed E-state index contributed by atoms with van der Waals surface area (Å²) in [4.78, 5) is 19.7. The van der Waals surface area contributed by atoms with Gasteiger partial charge in [0.15, 0.2) is 0 Å². The van der Waals surface area contributed by atoms with Crippen LogP contribution in [0.5, 0.6) is 0 Å². The highest BCUT2D eigenvalue weighted by Gasteiger charge is 2.25. The molecule has 1 unspecified atom stereocenters. The summed E-state index contributed by atoms with van der Waals surface area (Å²) in [6.45, 7) is 4.70. The molecular formula is C15H18N4O. The molecule has 1 amide bonds. The van der Waals surface area contributed by atoms with Crippen molar-refractivity contribution in [1.29, 1.82) is 0 Å². The highest BCUT2D eigenvalue weighted by atomic mass is 16.2. The number of carbonyl (C=O) groups excluding carboxylic acids is 1. The van der Waals surface area contributed by atoms with E-state index >= 15 is 0 Å². The predicted molar refractivity (Wildman–Crippen MR) is 77.5 cm³/mol. The number of aromatic nitrogens is 2. The van der Waals surface area contributed by atoms with Crippen LogP contribution in [-0.2, 0) is 17.8 Å². The molecule has 20 heavy (non-hydrogen) atoms. The minimum Gasteiger partial charge on any atom is -0.347 e. The molecule has 2 aromatic rings. The number of amides is 1. The Morgan fingerprint density at radius 3 is 3.05 bits per heavy atom. The summed E-state index contributed by atoms with van der Waals surface area (Å²) in [5.74, 6) is -0.00870. The number of hydrogen-bond donors (Lipinski definition) is 3. The lowest BCUT2D eigenvalue weighted by molar-refractivity contribution is -0.118. The second kappa shape index (κ2) is 5.09. The number of nitrogens with one attached hydrogen (secondary N) is 3. The van der Waals surface area contributed by atoms with Crippen LogP contribution in [0.25, 0.3) is 0 Å². The summed E-state index contributed by atoms with van der Waals surface area (Å²) in [6.07, 6.45) is 2.30. The van der Waals surface area contributed by atoms with E-state index in [1.165, 1.54) is 5.56 Å². The number of aromatic amines is 1. The van der Waals surface area contributed by atoms with Crippen LogP contribution in [0.3, 0.4) is 0 Å². The van der Waals surface area contributed by atoms with Gasteiger partial charge in [0.05, 0.1) is 23.8 Å². The van der Waals surface area contributed by atoms with Crippen LogP contribution in [0.2, 0.25) is 0 Å². The fourth-order valence-corrected chi connectivity index (χ4v) is 2.53. The number of imidazole rings is 1. The maximum absolute atomic E-state index is 12.3. The fourth-order valence-electron chi connectivity index (χ4n) is 2.53. The van der Waals surface area contributed by atoms with Gasteiger partial charge in [0.1, 0.15) is 0 Å². The normalized spacial score (nSPS) is 17.6. The van der Waals surface area contributed by atoms with Crippen LogP contribution in [-0.4, -0.2) is 21.9 Å². The van der Waals surface area contributed by atoms with Gasteiger partial charge in [-0.25, -0.2) is 4.98 Å². The molecule has 1 aliphatic rings. The second-order valence-corrected chi connectivity index (χ2v) is 5.27. The second-order valence-electron chi connectivity index (χ2n) is 5.27. The molecule has 5 nitrogen and oxygen atoms in total. The Morgan fingerprint density at radius 2 is 2.25 bits per heavy atom. The van der Waals surface area contributed by atoms with Gasteiger partial charge in [0, 0.05) is 18.7 Å². The summed E-state index contributed by atoms with van der Waals surface area (Å²) in [6, 6.07) is 5.79. The molecule has 1 atom stereocenters. The lowest BCUT2D eigenvalue weighted by Crippen LogP contribution is -2.44. The third kappa shape index (κ3) is 2.44. The van der Waals surface area contributed by atoms with Crippen LogP contribution in [0.15, 0.2) is 24.5 Å². The number of hydrogen-bond acceptors (Lipinski definition) is 3. The van der Waals surface area contributed by atoms with E-state index in [0.29, 0.717) is 13.0 Å². The number of benzene rings is 1. The molecule has 0 bridgehead atoms. The van der Waals surface area contributed by atoms with Crippen molar-refractivity contribution in [2.24, 2.45) is 0 Å². The van der Waals surface area contributed by atoms with Crippen molar-refractivity contribution in [3.05, 3.63) is 47.0 Å². The minimum absolute atomic E-state index is 0.00870. The summed E-state index contributed by atoms with van der Waals surface area (Å²) in [7, 11) is 0. The van der Waals surface area contributed by atoms with Crippen molar-refractivity contribution in [3.63, 3.8) is 0 Å². The number of fused-ring (bicyclic) bond motifs is 1. The summed E-state index contributed by atoms with van der Waals surface area (Å²) >= 11 is 0. The van der Waals surface area contributed by atoms with E-state index in [9.17, 15) is 4.79 Å². The summed E-state index contributed by atoms with van der Waals surface area (Å²) in [5, 5.41) is 6.22. The average molecular weight is 270 g/mol. The van der Waals surface area contributed by atoms with E-state index in [2.05, 4.69) is 26.7 Å². The monoisotopic (exact) mass is 270 g/mol. The highest BCUT2D eigenvalue weighted by molar-refractivity contribution is 5.95. The highest BCUT2D eigenvalue weighted by Crippen LogP contribution is 2.18. The third-order valence-corrected chi connectivity index (χ3v) is 3.69. The van der Waals surface area contributed by atoms with Crippen molar-refractivity contribution in [2.45, 2.75) is 32.9 Å². The minimum atomic E-state index is -0.230. The molecule has 1 aromatic carbocycles. The molecule has 2 heterocycles. The van der Waals surface area contributed by atoms with Crippen LogP contribution in [0.1, 0.15) is 22.5 Å². The van der Waals surface area contributed by atoms with Gasteiger partial charge >= 0.3 is 0 Å². The van der Waals surface area contributed by atoms with Gasteiger partial charge in [-0.1, -0.05) is 17.7 Å². The van der Waals surface area contributed by atoms with E-state index in [0.717, 1.165) is 22.6 Å². The number of rotatable bonds is 2. The predicted octanol–water partition coefficient (Wildman–Crippen LogP) is 1.68. The molecule has 1 aliphatic heterocycles. The Bertz CT molecular complexity index is 647. The van der Waals surface area contributed by atoms with Gasteiger partial charge in [-0.05, 0) is 25.5 Å². The lowest BCUT2D eigenvalue weighted by Gasteiger charge is -2.22. The number of H-pyrrole nitrogens is 1. The molecule has 0 spiro atoms. The molecule has 0 radical (unpaired) electrons. The Kier molecular flexibility index (Phi) is 3.28. The SMILES string of the molecule is Cc1ccc(NC(=O)C2Cc3nc[nH]c3CN2)c(C)c1. The van der Waals surface area contributed by atoms with Gasteiger partial charge in [-0.3, -0.25) is 10.1 Å². The largest absolute Gasteiger partial charge is 0.347 e. The molecule has 0 fully saturated rings. The first-order valence-corrected chi connectivity index (χ1v) is 6.76. The molecule has 5 heteroatoms. The maximum atomic E-state index is 12.3. The zero-order valence-corrected chi connectivity index (χ0v) is 11.7. The fraction of sp³-hybridized carbons (Fsp3) is 0.333. The maximum Gasteiger partial charge on any atom is 0.241 e. The molecule has 104 valence electrons. The first-order chi connectivity index (χ1) is 9.63. The van der Waals surface area contributed by atoms with Crippen LogP contribution < -0.4 is 10.6 Å². The smallest absolute Gasteiger partial charge is 0.241 e. The van der Waals surface area contributed by atoms with Crippen LogP contribution in [0.4, 0.5) is 5.69 Å². The zero-order valence-electron chi connectivity index (χ0n) is 11.7. The molecule has 0 aliphatic carbocycles. The van der Waals surface area contributed by atoms with Crippen molar-refractivity contribution in [3.8, 4) is 0 Å². The Morgan fingerprint density at radius 1 is 1.40 bits per heavy atom. The summed E-state index contributed by atoms with van der Waals surface area (Å²) in [5.41, 5.74) is 5.19. The first-order valence-electron chi connectivity index (χ1n) is 6.76. The average Bonchev–Trinajstić information content (AvgIpc) is 2.89. The molecule has 1 aromatic heterocycles. The van der Waals surface area contributed by atoms with Crippen molar-refractivity contribution >= 4 is 11.6 Å². The van der Waals surface area contributed by atoms with E-state index in [-0.39, 0.29) is 11.9 Å². The van der Waals surface area contributed by atoms with E-state index in [1.807, 2.05) is 26.0 Å². The Hall–Kier alpha value is -2.14. The van der Waals surface area contributed by atoms with Gasteiger partial charge in [0.2, 0.25) is 5.91 Å². The standard InChI is InChI=1S/C15H18N4O/c1-9-3-4-11(10(2)5-9)19-15(20)13-6-12-14(7-16-13)18-8-17-12/h3-5,8,13,16H,6-7H2,1-2H3,(H,17,18)(H,19,20). The van der Waals surface area contributed by atoms with Crippen molar-refractivity contribution < 1.29 is 4.79 Å². The molecule has 0 saturated heterocycles. The summed E-state index contributed by atoms with van der Waals surface area (Å²) < 4.78 is 0. The van der Waals surface area contributed by atoms with Crippen molar-refractivity contribution in [2.75, 3.05) is 5.32 Å². The zero-order chi connectivity index (χ0) is 14.1. The van der Waals surface area contributed by atoms with E-state index in [1.54, 1.807) is 6.33 Å². The Balaban J connectivity index is 1.71. The first kappa shape index (κ1) is 12.9. The molecule has 0 saturated carbocycles. The van der Waals surface area contributed by atoms with Gasteiger partial charge < -0.3 is 10.3 Å². The number of aryl methyl sites for hydroxylation is 2. The van der Waals surface area contributed by atoms with Gasteiger partial charge in [-0.2, -0.15) is 0 Å². The van der Waals surface area contributed by atoms with E-state index < -0.39 is 0 Å². The van der Waals surface area contributed by atoms with Gasteiger partial charge in [0.25, 0.3) is 0 Å². The third-order valence-electron chi connectivity index (χ3n) is 3.69. The van der Waals surface area contributed by atoms with Crippen LogP contribution in [0, 0.1) is 13.8 Å². The number of carbonyl (C=O) groups is 1. The van der Waals surface area contributed by atoms with Crippen LogP contribution >= 0.6 is 0 Å². The number of anilines is 1. The molecule has 3 rings (SSSR count). The molecular weight excluding hydrogens is 252 g/mol. The molecule has 3 N–H and O–H groups in total. The number of nitrogens with zero attached hydrogens (tertiary/aromatic N) is 1. The quantitative estimate of drug-likeness (QED) is 0.777. The van der Waals surface area contributed by atoms with E-state index in [4.69, 9.17) is 0 Å². The van der Waals surface area contributed by atoms with Gasteiger partial charge in [-0.15, -0.1) is 0 Å². The topological polar surface area (TPSA) is 69.8 Å².